The average molecular weight is 1800 g/mol. The van der Waals surface area contributed by atoms with Crippen molar-refractivity contribution in [2.24, 2.45) is 0 Å². The van der Waals surface area contributed by atoms with Crippen molar-refractivity contribution in [3.63, 3.8) is 0 Å². The van der Waals surface area contributed by atoms with Gasteiger partial charge in [0.15, 0.2) is 29.0 Å². The first kappa shape index (κ1) is 82.3. The van der Waals surface area contributed by atoms with Crippen molar-refractivity contribution in [2.45, 2.75) is 0 Å². The summed E-state index contributed by atoms with van der Waals surface area (Å²) in [5, 5.41) is 22.8. The topological polar surface area (TPSA) is 151 Å². The van der Waals surface area contributed by atoms with Crippen molar-refractivity contribution < 1.29 is 0 Å². The molecule has 0 unspecified atom stereocenters. The van der Waals surface area contributed by atoms with Crippen molar-refractivity contribution in [1.29, 1.82) is 0 Å². The van der Waals surface area contributed by atoms with Gasteiger partial charge in [-0.2, -0.15) is 0 Å². The molecule has 9 heterocycles. The number of fused-ring (bicyclic) bond motifs is 24. The summed E-state index contributed by atoms with van der Waals surface area (Å²) >= 11 is 0. The Balaban J connectivity index is 0.000000109. The van der Waals surface area contributed by atoms with Gasteiger partial charge in [0, 0.05) is 161 Å². The molecule has 0 atom stereocenters. The Kier molecular flexibility index (Phi) is 20.3. The summed E-state index contributed by atoms with van der Waals surface area (Å²) in [6, 6.07) is 155. The normalized spacial score (nSPS) is 11.5. The van der Waals surface area contributed by atoms with E-state index < -0.39 is 0 Å². The standard InChI is InChI=1S/C45H26N4.C42H26N4.C41H25N5/c1-46-33-21-24-41-38(27-33)37-26-32(20-23-40(37)49(41)34-9-3-2-4-10-34)28-13-16-31(17-14-28)44-36-22-19-29-15-18-30-8-7-25-47-45(30)42(29)43(36)35-11-5-6-12-39(35)48-44;1-3-10-27(11-4-1)36-26-37(28-12-5-2-6-13-28)46-42(45-36)32-21-19-31(20-22-32)40-34-24-23-29-17-18-30-14-9-25-43-41(30)38(29)39(34)33-15-7-8-16-35(33)44-40;1-3-10-29(11-4-1)39-44-40(30-12-5-2-6-13-30)46-41(45-39)31-21-19-28(20-22-31)37-33-24-23-26-17-18-27-14-9-25-42-38(27)35(26)36(33)32-15-7-8-16-34(32)43-37/h2-27H;1-26H;1-25H. The number of benzene rings is 19. The number of hydrogen-bond donors (Lipinski definition) is 0. The summed E-state index contributed by atoms with van der Waals surface area (Å²) < 4.78 is 2.28. The maximum Gasteiger partial charge on any atom is 0.188 e. The van der Waals surface area contributed by atoms with Gasteiger partial charge in [-0.1, -0.05) is 370 Å². The largest absolute Gasteiger partial charge is 0.309 e. The second-order valence-electron chi connectivity index (χ2n) is 35.3. The molecule has 28 aromatic rings. The van der Waals surface area contributed by atoms with Crippen LogP contribution in [0.4, 0.5) is 5.69 Å². The first-order valence-electron chi connectivity index (χ1n) is 47.0. The number of nitrogens with zero attached hydrogens (tertiary/aromatic N) is 13. The Morgan fingerprint density at radius 2 is 0.496 bits per heavy atom. The highest BCUT2D eigenvalue weighted by Crippen LogP contribution is 2.47. The number of hydrogen-bond acceptors (Lipinski definition) is 11. The van der Waals surface area contributed by atoms with Gasteiger partial charge in [-0.15, -0.1) is 0 Å². The first-order chi connectivity index (χ1) is 69.8. The Labute approximate surface area is 809 Å². The van der Waals surface area contributed by atoms with Crippen LogP contribution in [0.3, 0.4) is 0 Å². The van der Waals surface area contributed by atoms with E-state index in [1.807, 2.05) is 158 Å². The summed E-state index contributed by atoms with van der Waals surface area (Å²) in [6.45, 7) is 7.65. The van der Waals surface area contributed by atoms with E-state index in [0.717, 1.165) is 220 Å². The minimum atomic E-state index is 0.624. The molecule has 654 valence electrons. The Morgan fingerprint density at radius 3 is 0.887 bits per heavy atom. The zero-order valence-electron chi connectivity index (χ0n) is 75.8. The molecule has 28 rings (SSSR count). The van der Waals surface area contributed by atoms with Crippen LogP contribution in [0.1, 0.15) is 0 Å². The molecule has 0 aliphatic heterocycles. The van der Waals surface area contributed by atoms with Gasteiger partial charge in [0.05, 0.1) is 79.2 Å². The lowest BCUT2D eigenvalue weighted by Gasteiger charge is -2.14. The van der Waals surface area contributed by atoms with Crippen LogP contribution in [0.15, 0.2) is 468 Å². The van der Waals surface area contributed by atoms with Crippen LogP contribution in [-0.4, -0.2) is 59.4 Å². The first-order valence-corrected chi connectivity index (χ1v) is 47.0. The molecule has 13 nitrogen and oxygen atoms in total. The van der Waals surface area contributed by atoms with E-state index in [9.17, 15) is 0 Å². The fraction of sp³-hybridized carbons (Fsp3) is 0. The van der Waals surface area contributed by atoms with Gasteiger partial charge < -0.3 is 4.57 Å². The fourth-order valence-corrected chi connectivity index (χ4v) is 20.4. The van der Waals surface area contributed by atoms with Gasteiger partial charge in [-0.25, -0.2) is 44.7 Å². The van der Waals surface area contributed by atoms with Gasteiger partial charge >= 0.3 is 0 Å². The van der Waals surface area contributed by atoms with E-state index in [-0.39, 0.29) is 0 Å². The van der Waals surface area contributed by atoms with E-state index in [1.165, 1.54) is 26.9 Å². The summed E-state index contributed by atoms with van der Waals surface area (Å²) in [5.74, 6) is 2.60. The van der Waals surface area contributed by atoms with Crippen molar-refractivity contribution in [2.75, 3.05) is 0 Å². The lowest BCUT2D eigenvalue weighted by molar-refractivity contribution is 1.07. The quantitative estimate of drug-likeness (QED) is 0.0899. The van der Waals surface area contributed by atoms with Crippen LogP contribution < -0.4 is 0 Å². The molecule has 0 saturated heterocycles. The molecule has 13 heteroatoms. The number of pyridine rings is 6. The molecule has 0 spiro atoms. The third kappa shape index (κ3) is 14.8. The highest BCUT2D eigenvalue weighted by atomic mass is 15.0. The zero-order valence-corrected chi connectivity index (χ0v) is 75.8. The molecule has 0 bridgehead atoms. The summed E-state index contributed by atoms with van der Waals surface area (Å²) in [7, 11) is 0. The highest BCUT2D eigenvalue weighted by Gasteiger charge is 2.24. The van der Waals surface area contributed by atoms with E-state index >= 15 is 0 Å². The summed E-state index contributed by atoms with van der Waals surface area (Å²) in [6.07, 6.45) is 5.63. The molecule has 9 aromatic heterocycles. The maximum absolute atomic E-state index is 7.65. The minimum Gasteiger partial charge on any atom is -0.309 e. The molecule has 0 aliphatic carbocycles. The fourth-order valence-electron chi connectivity index (χ4n) is 20.4. The minimum absolute atomic E-state index is 0.624. The molecule has 0 aliphatic rings. The van der Waals surface area contributed by atoms with E-state index in [4.69, 9.17) is 61.4 Å². The van der Waals surface area contributed by atoms with Crippen LogP contribution >= 0.6 is 0 Å². The smallest absolute Gasteiger partial charge is 0.188 e. The average Bonchev–Trinajstić information content (AvgIpc) is 1.38. The van der Waals surface area contributed by atoms with Gasteiger partial charge in [-0.05, 0) is 112 Å². The van der Waals surface area contributed by atoms with Crippen molar-refractivity contribution >= 4 is 158 Å². The lowest BCUT2D eigenvalue weighted by Crippen LogP contribution is -2.00. The van der Waals surface area contributed by atoms with E-state index in [1.54, 1.807) is 0 Å². The molecule has 141 heavy (non-hydrogen) atoms. The zero-order chi connectivity index (χ0) is 93.4. The second kappa shape index (κ2) is 34.8. The third-order valence-electron chi connectivity index (χ3n) is 27.0. The van der Waals surface area contributed by atoms with Crippen molar-refractivity contribution in [1.82, 2.24) is 59.4 Å². The Morgan fingerprint density at radius 1 is 0.191 bits per heavy atom. The van der Waals surface area contributed by atoms with Gasteiger partial charge in [0.1, 0.15) is 0 Å². The summed E-state index contributed by atoms with van der Waals surface area (Å²) in [5.41, 5.74) is 25.7. The molecule has 0 fully saturated rings. The molecule has 19 aromatic carbocycles. The van der Waals surface area contributed by atoms with Gasteiger partial charge in [-0.3, -0.25) is 15.0 Å². The van der Waals surface area contributed by atoms with Crippen molar-refractivity contribution in [3.05, 3.63) is 479 Å². The predicted octanol–water partition coefficient (Wildman–Crippen LogP) is 32.6. The SMILES string of the molecule is [C-]#[N+]c1ccc2c(c1)c1cc(-c3ccc(-c4nc5ccccc5c5c4ccc4ccc6cccnc6c45)cc3)ccc1n2-c1ccccc1.c1ccc(-c2cc(-c3ccccc3)nc(-c3ccc(-c4nc5ccccc5c5c4ccc4ccc6cccnc6c45)cc3)n2)cc1.c1ccc(-c2nc(-c3ccccc3)nc(-c3ccc(-c4nc5ccccc5c5c4ccc4ccc6cccnc6c45)cc3)n2)cc1. The van der Waals surface area contributed by atoms with Gasteiger partial charge in [0.2, 0.25) is 0 Å². The monoisotopic (exact) mass is 1800 g/mol. The Hall–Kier alpha value is -19.4. The van der Waals surface area contributed by atoms with E-state index in [2.05, 4.69) is 319 Å². The number of rotatable bonds is 11. The lowest BCUT2D eigenvalue weighted by atomic mass is 9.93. The molecule has 0 amide bonds. The molecule has 0 radical (unpaired) electrons. The maximum atomic E-state index is 7.65. The van der Waals surface area contributed by atoms with Crippen LogP contribution in [0.5, 0.6) is 0 Å². The Bertz CT molecular complexity index is 9440. The van der Waals surface area contributed by atoms with Crippen LogP contribution in [0.2, 0.25) is 0 Å². The number of aromatic nitrogens is 12. The predicted molar refractivity (Wildman–Crippen MR) is 580 cm³/mol. The van der Waals surface area contributed by atoms with Gasteiger partial charge in [0.25, 0.3) is 0 Å². The third-order valence-corrected chi connectivity index (χ3v) is 27.0. The highest BCUT2D eigenvalue weighted by molar-refractivity contribution is 6.31. The van der Waals surface area contributed by atoms with Crippen LogP contribution in [0.25, 0.3) is 275 Å². The second-order valence-corrected chi connectivity index (χ2v) is 35.3. The molecule has 0 saturated carbocycles. The van der Waals surface area contributed by atoms with Crippen molar-refractivity contribution in [3.8, 4) is 119 Å². The van der Waals surface area contributed by atoms with Crippen LogP contribution in [0, 0.1) is 6.57 Å². The molecular formula is C128H77N13. The summed E-state index contributed by atoms with van der Waals surface area (Å²) in [4.78, 5) is 58.6. The molecule has 0 N–H and O–H groups in total. The number of para-hydroxylation sites is 4. The van der Waals surface area contributed by atoms with Crippen LogP contribution in [-0.2, 0) is 0 Å². The van der Waals surface area contributed by atoms with E-state index in [0.29, 0.717) is 29.0 Å². The molecular weight excluding hydrogens is 1720 g/mol.